The van der Waals surface area contributed by atoms with Crippen LogP contribution in [-0.2, 0) is 0 Å². The predicted octanol–water partition coefficient (Wildman–Crippen LogP) is 1.86. The zero-order valence-electron chi connectivity index (χ0n) is 7.05. The van der Waals surface area contributed by atoms with Crippen molar-refractivity contribution in [3.63, 3.8) is 0 Å². The van der Waals surface area contributed by atoms with Gasteiger partial charge in [-0.15, -0.1) is 0 Å². The zero-order valence-corrected chi connectivity index (χ0v) is 8.64. The third-order valence-electron chi connectivity index (χ3n) is 1.72. The summed E-state index contributed by atoms with van der Waals surface area (Å²) in [6.45, 7) is 0. The molecule has 0 atom stereocenters. The minimum absolute atomic E-state index is 0.0248. The summed E-state index contributed by atoms with van der Waals surface area (Å²) in [4.78, 5) is 11.2. The van der Waals surface area contributed by atoms with E-state index in [0.29, 0.717) is 0 Å². The number of hydrogen-bond donors (Lipinski definition) is 1. The molecule has 0 aliphatic heterocycles. The van der Waals surface area contributed by atoms with Crippen molar-refractivity contribution in [3.05, 3.63) is 29.1 Å². The number of anilines is 1. The standard InChI is InChI=1S/C9H6BrFN2O/c10-3-7(14)8-6(11)2-1-5(4-12)9(8)13/h1-2H,3,13H2. The highest BCUT2D eigenvalue weighted by Gasteiger charge is 2.16. The van der Waals surface area contributed by atoms with E-state index in [1.54, 1.807) is 6.07 Å². The Morgan fingerprint density at radius 3 is 2.79 bits per heavy atom. The van der Waals surface area contributed by atoms with Crippen LogP contribution in [0.15, 0.2) is 12.1 Å². The topological polar surface area (TPSA) is 66.9 Å². The Bertz CT molecular complexity index is 426. The molecule has 1 rings (SSSR count). The molecule has 3 nitrogen and oxygen atoms in total. The summed E-state index contributed by atoms with van der Waals surface area (Å²) in [5.74, 6) is -1.18. The van der Waals surface area contributed by atoms with Crippen LogP contribution in [0.1, 0.15) is 15.9 Å². The number of hydrogen-bond acceptors (Lipinski definition) is 3. The van der Waals surface area contributed by atoms with Crippen molar-refractivity contribution in [1.82, 2.24) is 0 Å². The molecule has 2 N–H and O–H groups in total. The maximum atomic E-state index is 13.2. The summed E-state index contributed by atoms with van der Waals surface area (Å²) >= 11 is 2.91. The number of nitriles is 1. The second kappa shape index (κ2) is 4.20. The van der Waals surface area contributed by atoms with Gasteiger partial charge in [0.05, 0.1) is 22.1 Å². The van der Waals surface area contributed by atoms with Gasteiger partial charge in [0.25, 0.3) is 0 Å². The first-order chi connectivity index (χ1) is 6.61. The Balaban J connectivity index is 3.42. The number of alkyl halides is 1. The van der Waals surface area contributed by atoms with E-state index < -0.39 is 11.6 Å². The Hall–Kier alpha value is -1.41. The fraction of sp³-hybridized carbons (Fsp3) is 0.111. The fourth-order valence-corrected chi connectivity index (χ4v) is 1.32. The van der Waals surface area contributed by atoms with E-state index in [0.717, 1.165) is 6.07 Å². The maximum absolute atomic E-state index is 13.2. The number of rotatable bonds is 2. The third-order valence-corrected chi connectivity index (χ3v) is 2.22. The van der Waals surface area contributed by atoms with Gasteiger partial charge in [-0.1, -0.05) is 15.9 Å². The van der Waals surface area contributed by atoms with E-state index in [9.17, 15) is 9.18 Å². The van der Waals surface area contributed by atoms with Gasteiger partial charge in [-0.25, -0.2) is 4.39 Å². The van der Waals surface area contributed by atoms with Gasteiger partial charge in [0.1, 0.15) is 11.9 Å². The van der Waals surface area contributed by atoms with Crippen molar-refractivity contribution in [3.8, 4) is 6.07 Å². The molecular formula is C9H6BrFN2O. The second-order valence-electron chi connectivity index (χ2n) is 2.55. The van der Waals surface area contributed by atoms with Crippen LogP contribution in [-0.4, -0.2) is 11.1 Å². The number of nitrogens with two attached hydrogens (primary N) is 1. The van der Waals surface area contributed by atoms with E-state index in [1.165, 1.54) is 6.07 Å². The van der Waals surface area contributed by atoms with Crippen LogP contribution in [0.5, 0.6) is 0 Å². The SMILES string of the molecule is N#Cc1ccc(F)c(C(=O)CBr)c1N. The third kappa shape index (κ3) is 1.75. The lowest BCUT2D eigenvalue weighted by molar-refractivity contribution is 0.102. The monoisotopic (exact) mass is 256 g/mol. The van der Waals surface area contributed by atoms with Gasteiger partial charge in [0.2, 0.25) is 0 Å². The molecule has 0 spiro atoms. The van der Waals surface area contributed by atoms with Gasteiger partial charge in [-0.05, 0) is 12.1 Å². The molecule has 0 bridgehead atoms. The quantitative estimate of drug-likeness (QED) is 0.499. The van der Waals surface area contributed by atoms with Crippen molar-refractivity contribution < 1.29 is 9.18 Å². The average molecular weight is 257 g/mol. The molecule has 0 unspecified atom stereocenters. The molecule has 14 heavy (non-hydrogen) atoms. The molecule has 1 aromatic rings. The van der Waals surface area contributed by atoms with Crippen molar-refractivity contribution >= 4 is 27.4 Å². The van der Waals surface area contributed by atoms with Crippen LogP contribution in [0.3, 0.4) is 0 Å². The van der Waals surface area contributed by atoms with Crippen LogP contribution in [0.4, 0.5) is 10.1 Å². The van der Waals surface area contributed by atoms with Crippen molar-refractivity contribution in [2.24, 2.45) is 0 Å². The second-order valence-corrected chi connectivity index (χ2v) is 3.11. The Morgan fingerprint density at radius 2 is 2.29 bits per heavy atom. The van der Waals surface area contributed by atoms with Gasteiger partial charge in [-0.3, -0.25) is 4.79 Å². The summed E-state index contributed by atoms with van der Waals surface area (Å²) in [5.41, 5.74) is 5.25. The lowest BCUT2D eigenvalue weighted by Gasteiger charge is -2.05. The Morgan fingerprint density at radius 1 is 1.64 bits per heavy atom. The lowest BCUT2D eigenvalue weighted by Crippen LogP contribution is -2.09. The van der Waals surface area contributed by atoms with E-state index in [4.69, 9.17) is 11.0 Å². The molecule has 0 amide bonds. The van der Waals surface area contributed by atoms with Gasteiger partial charge in [0.15, 0.2) is 5.78 Å². The molecule has 0 saturated heterocycles. The van der Waals surface area contributed by atoms with Crippen LogP contribution in [0.25, 0.3) is 0 Å². The molecule has 0 aliphatic rings. The Labute approximate surface area is 88.5 Å². The lowest BCUT2D eigenvalue weighted by atomic mass is 10.0. The first-order valence-electron chi connectivity index (χ1n) is 3.69. The van der Waals surface area contributed by atoms with Crippen LogP contribution < -0.4 is 5.73 Å². The van der Waals surface area contributed by atoms with Gasteiger partial charge >= 0.3 is 0 Å². The predicted molar refractivity (Wildman–Crippen MR) is 53.7 cm³/mol. The van der Waals surface area contributed by atoms with Crippen molar-refractivity contribution in [1.29, 1.82) is 5.26 Å². The van der Waals surface area contributed by atoms with Gasteiger partial charge in [0, 0.05) is 0 Å². The zero-order chi connectivity index (χ0) is 10.7. The summed E-state index contributed by atoms with van der Waals surface area (Å²) in [7, 11) is 0. The number of nitrogens with zero attached hydrogens (tertiary/aromatic N) is 1. The number of nitrogen functional groups attached to an aromatic ring is 1. The highest BCUT2D eigenvalue weighted by atomic mass is 79.9. The molecule has 1 aromatic carbocycles. The molecule has 0 radical (unpaired) electrons. The minimum Gasteiger partial charge on any atom is -0.397 e. The first kappa shape index (κ1) is 10.7. The number of Topliss-reactive ketones (excluding diaryl/α,β-unsaturated/α-hetero) is 1. The number of ketones is 1. The van der Waals surface area contributed by atoms with E-state index >= 15 is 0 Å². The maximum Gasteiger partial charge on any atom is 0.178 e. The van der Waals surface area contributed by atoms with Gasteiger partial charge in [-0.2, -0.15) is 5.26 Å². The van der Waals surface area contributed by atoms with E-state index in [-0.39, 0.29) is 22.1 Å². The average Bonchev–Trinajstić information content (AvgIpc) is 2.18. The summed E-state index contributed by atoms with van der Waals surface area (Å²) in [5, 5.41) is 8.59. The Kier molecular flexibility index (Phi) is 3.20. The number of carbonyl (C=O) groups is 1. The largest absolute Gasteiger partial charge is 0.397 e. The van der Waals surface area contributed by atoms with Crippen LogP contribution >= 0.6 is 15.9 Å². The summed E-state index contributed by atoms with van der Waals surface area (Å²) < 4.78 is 13.2. The summed E-state index contributed by atoms with van der Waals surface area (Å²) in [6, 6.07) is 4.09. The van der Waals surface area contributed by atoms with Crippen LogP contribution in [0.2, 0.25) is 0 Å². The summed E-state index contributed by atoms with van der Waals surface area (Å²) in [6.07, 6.45) is 0. The highest BCUT2D eigenvalue weighted by molar-refractivity contribution is 9.09. The number of benzene rings is 1. The number of halogens is 2. The molecular weight excluding hydrogens is 251 g/mol. The minimum atomic E-state index is -0.703. The molecule has 0 fully saturated rings. The molecule has 72 valence electrons. The normalized spacial score (nSPS) is 9.50. The van der Waals surface area contributed by atoms with E-state index in [1.807, 2.05) is 0 Å². The van der Waals surface area contributed by atoms with E-state index in [2.05, 4.69) is 15.9 Å². The first-order valence-corrected chi connectivity index (χ1v) is 4.81. The van der Waals surface area contributed by atoms with Crippen molar-refractivity contribution in [2.75, 3.05) is 11.1 Å². The molecule has 0 heterocycles. The smallest absolute Gasteiger partial charge is 0.178 e. The molecule has 0 saturated carbocycles. The fourth-order valence-electron chi connectivity index (χ4n) is 1.04. The van der Waals surface area contributed by atoms with Crippen LogP contribution in [0, 0.1) is 17.1 Å². The highest BCUT2D eigenvalue weighted by Crippen LogP contribution is 2.21. The van der Waals surface area contributed by atoms with Gasteiger partial charge < -0.3 is 5.73 Å². The number of carbonyl (C=O) groups excluding carboxylic acids is 1. The molecule has 0 aliphatic carbocycles. The van der Waals surface area contributed by atoms with Crippen molar-refractivity contribution in [2.45, 2.75) is 0 Å². The molecule has 0 aromatic heterocycles. The molecule has 5 heteroatoms.